The van der Waals surface area contributed by atoms with E-state index in [4.69, 9.17) is 0 Å². The number of rotatable bonds is 4. The highest BCUT2D eigenvalue weighted by atomic mass is 19.1. The second-order valence-electron chi connectivity index (χ2n) is 6.54. The minimum absolute atomic E-state index is 0.0687. The first-order valence-corrected chi connectivity index (χ1v) is 8.91. The number of nitrogens with one attached hydrogen (secondary N) is 2. The van der Waals surface area contributed by atoms with Gasteiger partial charge in [-0.25, -0.2) is 14.1 Å². The van der Waals surface area contributed by atoms with Crippen LogP contribution in [-0.2, 0) is 6.42 Å². The van der Waals surface area contributed by atoms with Crippen LogP contribution in [0.4, 0.5) is 4.39 Å². The summed E-state index contributed by atoms with van der Waals surface area (Å²) < 4.78 is 14.6. The maximum atomic E-state index is 13.1. The first-order chi connectivity index (χ1) is 13.1. The highest BCUT2D eigenvalue weighted by Gasteiger charge is 2.21. The van der Waals surface area contributed by atoms with E-state index >= 15 is 0 Å². The topological polar surface area (TPSA) is 71.8 Å². The monoisotopic (exact) mass is 365 g/mol. The van der Waals surface area contributed by atoms with Crippen LogP contribution in [0.15, 0.2) is 48.5 Å². The second kappa shape index (κ2) is 7.28. The van der Waals surface area contributed by atoms with Gasteiger partial charge in [-0.2, -0.15) is 0 Å². The number of carbonyl (C=O) groups is 1. The first kappa shape index (κ1) is 17.4. The molecule has 0 bridgehead atoms. The number of hydrogen-bond donors (Lipinski definition) is 2. The molecule has 7 heteroatoms. The van der Waals surface area contributed by atoms with Crippen molar-refractivity contribution >= 4 is 5.91 Å². The number of aromatic nitrogens is 3. The molecular weight excluding hydrogens is 345 g/mol. The average molecular weight is 365 g/mol. The van der Waals surface area contributed by atoms with Gasteiger partial charge < -0.3 is 10.6 Å². The lowest BCUT2D eigenvalue weighted by atomic mass is 9.94. The summed E-state index contributed by atoms with van der Waals surface area (Å²) in [5.74, 6) is 0.00683. The van der Waals surface area contributed by atoms with Gasteiger partial charge in [0.1, 0.15) is 11.6 Å². The van der Waals surface area contributed by atoms with Gasteiger partial charge in [0, 0.05) is 12.6 Å². The van der Waals surface area contributed by atoms with E-state index in [2.05, 4.69) is 32.8 Å². The molecule has 1 amide bonds. The lowest BCUT2D eigenvalue weighted by Gasteiger charge is -2.26. The van der Waals surface area contributed by atoms with E-state index in [1.54, 1.807) is 19.1 Å². The summed E-state index contributed by atoms with van der Waals surface area (Å²) in [7, 11) is 0. The maximum Gasteiger partial charge on any atom is 0.291 e. The molecule has 2 aromatic carbocycles. The number of carbonyl (C=O) groups excluding carboxylic acids is 1. The van der Waals surface area contributed by atoms with Crippen LogP contribution >= 0.6 is 0 Å². The van der Waals surface area contributed by atoms with Gasteiger partial charge in [-0.05, 0) is 55.3 Å². The number of benzene rings is 2. The predicted octanol–water partition coefficient (Wildman–Crippen LogP) is 2.33. The summed E-state index contributed by atoms with van der Waals surface area (Å²) in [5, 5.41) is 10.6. The lowest BCUT2D eigenvalue weighted by Crippen LogP contribution is -2.39. The SMILES string of the molecule is Cc1nc(C(=O)NCC2NCCc3ccccc32)nn1-c1ccc(F)cc1. The lowest BCUT2D eigenvalue weighted by molar-refractivity contribution is 0.0938. The smallest absolute Gasteiger partial charge is 0.291 e. The van der Waals surface area contributed by atoms with Crippen LogP contribution in [-0.4, -0.2) is 33.8 Å². The minimum Gasteiger partial charge on any atom is -0.347 e. The van der Waals surface area contributed by atoms with Crippen molar-refractivity contribution in [3.8, 4) is 5.69 Å². The molecule has 3 aromatic rings. The Morgan fingerprint density at radius 3 is 2.85 bits per heavy atom. The molecule has 0 saturated heterocycles. The highest BCUT2D eigenvalue weighted by Crippen LogP contribution is 2.22. The van der Waals surface area contributed by atoms with Gasteiger partial charge in [-0.1, -0.05) is 24.3 Å². The number of nitrogens with zero attached hydrogens (tertiary/aromatic N) is 3. The molecule has 138 valence electrons. The molecule has 6 nitrogen and oxygen atoms in total. The van der Waals surface area contributed by atoms with E-state index in [-0.39, 0.29) is 23.6 Å². The summed E-state index contributed by atoms with van der Waals surface area (Å²) in [6, 6.07) is 14.2. The van der Waals surface area contributed by atoms with Crippen molar-refractivity contribution < 1.29 is 9.18 Å². The fourth-order valence-electron chi connectivity index (χ4n) is 3.36. The zero-order valence-electron chi connectivity index (χ0n) is 14.9. The number of hydrogen-bond acceptors (Lipinski definition) is 4. The van der Waals surface area contributed by atoms with Crippen molar-refractivity contribution in [2.24, 2.45) is 0 Å². The molecular formula is C20H20FN5O. The Morgan fingerprint density at radius 1 is 1.26 bits per heavy atom. The maximum absolute atomic E-state index is 13.1. The van der Waals surface area contributed by atoms with Gasteiger partial charge in [-0.3, -0.25) is 4.79 Å². The second-order valence-corrected chi connectivity index (χ2v) is 6.54. The van der Waals surface area contributed by atoms with Gasteiger partial charge in [0.15, 0.2) is 0 Å². The van der Waals surface area contributed by atoms with E-state index < -0.39 is 0 Å². The molecule has 1 aliphatic heterocycles. The Balaban J connectivity index is 1.47. The first-order valence-electron chi connectivity index (χ1n) is 8.91. The van der Waals surface area contributed by atoms with Crippen LogP contribution in [0.2, 0.25) is 0 Å². The molecule has 2 N–H and O–H groups in total. The molecule has 1 atom stereocenters. The summed E-state index contributed by atoms with van der Waals surface area (Å²) in [4.78, 5) is 16.8. The molecule has 0 radical (unpaired) electrons. The standard InChI is InChI=1S/C20H20FN5O/c1-13-24-19(25-26(13)16-8-6-15(21)7-9-16)20(27)23-12-18-17-5-3-2-4-14(17)10-11-22-18/h2-9,18,22H,10-12H2,1H3,(H,23,27). The fraction of sp³-hybridized carbons (Fsp3) is 0.250. The van der Waals surface area contributed by atoms with Crippen molar-refractivity contribution in [1.29, 1.82) is 0 Å². The van der Waals surface area contributed by atoms with Gasteiger partial charge >= 0.3 is 0 Å². The largest absolute Gasteiger partial charge is 0.347 e. The van der Waals surface area contributed by atoms with Crippen LogP contribution in [0, 0.1) is 12.7 Å². The van der Waals surface area contributed by atoms with Crippen molar-refractivity contribution in [3.63, 3.8) is 0 Å². The fourth-order valence-corrected chi connectivity index (χ4v) is 3.36. The van der Waals surface area contributed by atoms with E-state index in [1.807, 2.05) is 12.1 Å². The highest BCUT2D eigenvalue weighted by molar-refractivity contribution is 5.90. The molecule has 4 rings (SSSR count). The Morgan fingerprint density at radius 2 is 2.04 bits per heavy atom. The van der Waals surface area contributed by atoms with Crippen molar-refractivity contribution in [3.05, 3.63) is 77.1 Å². The third-order valence-electron chi connectivity index (χ3n) is 4.73. The zero-order valence-corrected chi connectivity index (χ0v) is 14.9. The van der Waals surface area contributed by atoms with Crippen molar-refractivity contribution in [2.75, 3.05) is 13.1 Å². The van der Waals surface area contributed by atoms with E-state index in [9.17, 15) is 9.18 Å². The Hall–Kier alpha value is -3.06. The number of halogens is 1. The number of amides is 1. The molecule has 1 unspecified atom stereocenters. The van der Waals surface area contributed by atoms with Crippen LogP contribution in [0.25, 0.3) is 5.69 Å². The number of aryl methyl sites for hydroxylation is 1. The molecule has 27 heavy (non-hydrogen) atoms. The van der Waals surface area contributed by atoms with Gasteiger partial charge in [0.25, 0.3) is 5.91 Å². The molecule has 0 fully saturated rings. The van der Waals surface area contributed by atoms with Gasteiger partial charge in [0.05, 0.1) is 5.69 Å². The van der Waals surface area contributed by atoms with Gasteiger partial charge in [0.2, 0.25) is 5.82 Å². The van der Waals surface area contributed by atoms with Crippen molar-refractivity contribution in [2.45, 2.75) is 19.4 Å². The third kappa shape index (κ3) is 3.59. The summed E-state index contributed by atoms with van der Waals surface area (Å²) in [6.45, 7) is 3.10. The van der Waals surface area contributed by atoms with Crippen LogP contribution < -0.4 is 10.6 Å². The minimum atomic E-state index is -0.330. The predicted molar refractivity (Wildman–Crippen MR) is 99.3 cm³/mol. The summed E-state index contributed by atoms with van der Waals surface area (Å²) in [5.41, 5.74) is 3.18. The zero-order chi connectivity index (χ0) is 18.8. The van der Waals surface area contributed by atoms with Crippen LogP contribution in [0.5, 0.6) is 0 Å². The Bertz CT molecular complexity index is 967. The summed E-state index contributed by atoms with van der Waals surface area (Å²) >= 11 is 0. The van der Waals surface area contributed by atoms with E-state index in [0.29, 0.717) is 18.1 Å². The Labute approximate surface area is 156 Å². The van der Waals surface area contributed by atoms with Crippen molar-refractivity contribution in [1.82, 2.24) is 25.4 Å². The van der Waals surface area contributed by atoms with Crippen LogP contribution in [0.1, 0.15) is 33.6 Å². The normalized spacial score (nSPS) is 16.0. The summed E-state index contributed by atoms with van der Waals surface area (Å²) in [6.07, 6.45) is 0.990. The van der Waals surface area contributed by atoms with Crippen LogP contribution in [0.3, 0.4) is 0 Å². The molecule has 2 heterocycles. The van der Waals surface area contributed by atoms with E-state index in [0.717, 1.165) is 13.0 Å². The average Bonchev–Trinajstić information content (AvgIpc) is 3.08. The Kier molecular flexibility index (Phi) is 4.68. The molecule has 0 spiro atoms. The molecule has 1 aliphatic rings. The molecule has 0 aliphatic carbocycles. The quantitative estimate of drug-likeness (QED) is 0.744. The number of fused-ring (bicyclic) bond motifs is 1. The van der Waals surface area contributed by atoms with Gasteiger partial charge in [-0.15, -0.1) is 5.10 Å². The molecule has 0 saturated carbocycles. The van der Waals surface area contributed by atoms with E-state index in [1.165, 1.54) is 27.9 Å². The molecule has 1 aromatic heterocycles. The third-order valence-corrected chi connectivity index (χ3v) is 4.73.